The Hall–Kier alpha value is -1.22. The Morgan fingerprint density at radius 3 is 2.44 bits per heavy atom. The van der Waals surface area contributed by atoms with Crippen molar-refractivity contribution in [3.63, 3.8) is 0 Å². The van der Waals surface area contributed by atoms with Crippen molar-refractivity contribution < 1.29 is 17.2 Å². The lowest BCUT2D eigenvalue weighted by Gasteiger charge is -2.30. The fraction of sp³-hybridized carbons (Fsp3) is 0.667. The van der Waals surface area contributed by atoms with Crippen LogP contribution >= 0.6 is 0 Å². The van der Waals surface area contributed by atoms with Gasteiger partial charge in [0.05, 0.1) is 6.04 Å². The molecule has 18 heavy (non-hydrogen) atoms. The normalized spacial score (nSPS) is 19.5. The number of alkyl halides is 2. The molecule has 0 aliphatic carbocycles. The van der Waals surface area contributed by atoms with Crippen molar-refractivity contribution >= 4 is 15.8 Å². The third kappa shape index (κ3) is 2.46. The maximum Gasteiger partial charge on any atom is 0.350 e. The lowest BCUT2D eigenvalue weighted by Crippen LogP contribution is -2.41. The van der Waals surface area contributed by atoms with E-state index in [1.54, 1.807) is 16.9 Å². The van der Waals surface area contributed by atoms with Gasteiger partial charge in [0, 0.05) is 19.3 Å². The number of nitrogen functional groups attached to an aromatic ring is 1. The van der Waals surface area contributed by atoms with E-state index in [9.17, 15) is 17.2 Å². The Balaban J connectivity index is 2.01. The smallest absolute Gasteiger partial charge is 0.350 e. The zero-order valence-electron chi connectivity index (χ0n) is 9.54. The van der Waals surface area contributed by atoms with Crippen LogP contribution in [0, 0.1) is 0 Å². The molecule has 1 aromatic rings. The molecule has 102 valence electrons. The largest absolute Gasteiger partial charge is 0.382 e. The molecule has 1 saturated heterocycles. The summed E-state index contributed by atoms with van der Waals surface area (Å²) in [5.41, 5.74) is 5.48. The van der Waals surface area contributed by atoms with Crippen LogP contribution in [0.3, 0.4) is 0 Å². The zero-order chi connectivity index (χ0) is 13.3. The Kier molecular flexibility index (Phi) is 3.53. The number of hydrogen-bond acceptors (Lipinski definition) is 4. The van der Waals surface area contributed by atoms with Crippen LogP contribution in [0.5, 0.6) is 0 Å². The molecule has 0 radical (unpaired) electrons. The van der Waals surface area contributed by atoms with Gasteiger partial charge in [-0.15, -0.1) is 0 Å². The molecule has 1 aromatic heterocycles. The van der Waals surface area contributed by atoms with Gasteiger partial charge in [0.15, 0.2) is 0 Å². The first-order valence-corrected chi connectivity index (χ1v) is 6.99. The lowest BCUT2D eigenvalue weighted by molar-refractivity contribution is 0.202. The van der Waals surface area contributed by atoms with Crippen molar-refractivity contribution in [3.05, 3.63) is 12.3 Å². The topological polar surface area (TPSA) is 81.2 Å². The van der Waals surface area contributed by atoms with Crippen LogP contribution in [0.1, 0.15) is 18.9 Å². The molecule has 6 nitrogen and oxygen atoms in total. The molecule has 2 heterocycles. The van der Waals surface area contributed by atoms with Gasteiger partial charge in [-0.05, 0) is 18.9 Å². The molecule has 9 heteroatoms. The molecule has 0 unspecified atom stereocenters. The van der Waals surface area contributed by atoms with E-state index in [0.717, 1.165) is 4.31 Å². The van der Waals surface area contributed by atoms with E-state index in [0.29, 0.717) is 18.7 Å². The lowest BCUT2D eigenvalue weighted by atomic mass is 10.1. The maximum absolute atomic E-state index is 12.4. The number of nitrogens with zero attached hydrogens (tertiary/aromatic N) is 3. The van der Waals surface area contributed by atoms with Crippen LogP contribution in [0.2, 0.25) is 0 Å². The van der Waals surface area contributed by atoms with E-state index >= 15 is 0 Å². The predicted octanol–water partition coefficient (Wildman–Crippen LogP) is 0.655. The molecule has 2 N–H and O–H groups in total. The van der Waals surface area contributed by atoms with Crippen molar-refractivity contribution in [2.24, 2.45) is 0 Å². The molecule has 0 spiro atoms. The maximum atomic E-state index is 12.4. The van der Waals surface area contributed by atoms with Gasteiger partial charge in [-0.2, -0.15) is 18.2 Å². The summed E-state index contributed by atoms with van der Waals surface area (Å²) in [6.07, 6.45) is 2.61. The minimum Gasteiger partial charge on any atom is -0.382 e. The van der Waals surface area contributed by atoms with E-state index in [2.05, 4.69) is 5.10 Å². The first kappa shape index (κ1) is 13.2. The number of halogens is 2. The summed E-state index contributed by atoms with van der Waals surface area (Å²) in [5.74, 6) is -2.97. The van der Waals surface area contributed by atoms with E-state index < -0.39 is 15.8 Å². The average molecular weight is 280 g/mol. The van der Waals surface area contributed by atoms with Gasteiger partial charge in [-0.25, -0.2) is 8.42 Å². The fourth-order valence-electron chi connectivity index (χ4n) is 2.03. The Morgan fingerprint density at radius 1 is 1.39 bits per heavy atom. The first-order chi connectivity index (χ1) is 8.41. The van der Waals surface area contributed by atoms with Crippen LogP contribution in [0.25, 0.3) is 0 Å². The predicted molar refractivity (Wildman–Crippen MR) is 61.4 cm³/mol. The summed E-state index contributed by atoms with van der Waals surface area (Å²) in [6, 6.07) is 1.65. The van der Waals surface area contributed by atoms with Gasteiger partial charge in [0.25, 0.3) is 10.0 Å². The van der Waals surface area contributed by atoms with Gasteiger partial charge >= 0.3 is 5.76 Å². The van der Waals surface area contributed by atoms with Crippen molar-refractivity contribution in [1.82, 2.24) is 14.1 Å². The molecular weight excluding hydrogens is 266 g/mol. The highest BCUT2D eigenvalue weighted by Gasteiger charge is 2.35. The highest BCUT2D eigenvalue weighted by molar-refractivity contribution is 7.89. The number of rotatable bonds is 3. The minimum atomic E-state index is -4.45. The second kappa shape index (κ2) is 4.81. The SMILES string of the molecule is Nc1ccn(C2CCN(S(=O)(=O)C(F)F)CC2)n1. The van der Waals surface area contributed by atoms with Gasteiger partial charge in [0.2, 0.25) is 0 Å². The zero-order valence-corrected chi connectivity index (χ0v) is 10.4. The minimum absolute atomic E-state index is 0.00595. The van der Waals surface area contributed by atoms with E-state index in [4.69, 9.17) is 5.73 Å². The number of sulfonamides is 1. The molecule has 0 bridgehead atoms. The molecule has 1 aliphatic rings. The summed E-state index contributed by atoms with van der Waals surface area (Å²) in [4.78, 5) is 0. The summed E-state index contributed by atoms with van der Waals surface area (Å²) in [6.45, 7) is 0.161. The molecule has 0 amide bonds. The van der Waals surface area contributed by atoms with Crippen LogP contribution in [-0.2, 0) is 10.0 Å². The molecule has 0 atom stereocenters. The second-order valence-corrected chi connectivity index (χ2v) is 6.06. The molecule has 0 saturated carbocycles. The third-order valence-corrected chi connectivity index (χ3v) is 4.55. The molecule has 2 rings (SSSR count). The van der Waals surface area contributed by atoms with Crippen molar-refractivity contribution in [3.8, 4) is 0 Å². The van der Waals surface area contributed by atoms with Crippen LogP contribution in [0.15, 0.2) is 12.3 Å². The van der Waals surface area contributed by atoms with Gasteiger partial charge in [0.1, 0.15) is 5.82 Å². The van der Waals surface area contributed by atoms with Crippen LogP contribution < -0.4 is 5.73 Å². The summed E-state index contributed by atoms with van der Waals surface area (Å²) in [7, 11) is -4.45. The summed E-state index contributed by atoms with van der Waals surface area (Å²) in [5, 5.41) is 4.04. The highest BCUT2D eigenvalue weighted by Crippen LogP contribution is 2.25. The van der Waals surface area contributed by atoms with Gasteiger partial charge in [-0.3, -0.25) is 4.68 Å². The number of piperidine rings is 1. The van der Waals surface area contributed by atoms with Crippen molar-refractivity contribution in [2.45, 2.75) is 24.6 Å². The van der Waals surface area contributed by atoms with Crippen molar-refractivity contribution in [1.29, 1.82) is 0 Å². The fourth-order valence-corrected chi connectivity index (χ4v) is 2.98. The molecule has 1 aliphatic heterocycles. The summed E-state index contributed by atoms with van der Waals surface area (Å²) >= 11 is 0. The van der Waals surface area contributed by atoms with E-state index in [-0.39, 0.29) is 19.1 Å². The Morgan fingerprint density at radius 2 is 2.00 bits per heavy atom. The van der Waals surface area contributed by atoms with Crippen LogP contribution in [-0.4, -0.2) is 41.4 Å². The Bertz CT molecular complexity index is 508. The Labute approximate surface area is 103 Å². The average Bonchev–Trinajstić information content (AvgIpc) is 2.76. The quantitative estimate of drug-likeness (QED) is 0.881. The van der Waals surface area contributed by atoms with Crippen LogP contribution in [0.4, 0.5) is 14.6 Å². The van der Waals surface area contributed by atoms with Crippen molar-refractivity contribution in [2.75, 3.05) is 18.8 Å². The monoisotopic (exact) mass is 280 g/mol. The van der Waals surface area contributed by atoms with Gasteiger partial charge < -0.3 is 5.73 Å². The first-order valence-electron chi connectivity index (χ1n) is 5.49. The van der Waals surface area contributed by atoms with E-state index in [1.807, 2.05) is 0 Å². The second-order valence-electron chi connectivity index (χ2n) is 4.16. The van der Waals surface area contributed by atoms with Gasteiger partial charge in [-0.1, -0.05) is 0 Å². The highest BCUT2D eigenvalue weighted by atomic mass is 32.2. The standard InChI is InChI=1S/C9H14F2N4O2S/c10-9(11)18(16,17)14-4-1-7(2-5-14)15-6-3-8(12)13-15/h3,6-7,9H,1-2,4-5H2,(H2,12,13). The number of aromatic nitrogens is 2. The summed E-state index contributed by atoms with van der Waals surface area (Å²) < 4.78 is 49.7. The molecule has 0 aromatic carbocycles. The molecular formula is C9H14F2N4O2S. The van der Waals surface area contributed by atoms with E-state index in [1.165, 1.54) is 0 Å². The number of nitrogens with two attached hydrogens (primary N) is 1. The molecule has 1 fully saturated rings. The number of hydrogen-bond donors (Lipinski definition) is 1. The number of anilines is 1. The third-order valence-electron chi connectivity index (χ3n) is 3.01.